The second kappa shape index (κ2) is 5.48. The summed E-state index contributed by atoms with van der Waals surface area (Å²) >= 11 is 0. The summed E-state index contributed by atoms with van der Waals surface area (Å²) in [6.07, 6.45) is 0. The molecule has 1 aliphatic heterocycles. The van der Waals surface area contributed by atoms with Crippen molar-refractivity contribution in [2.45, 2.75) is 13.5 Å². The monoisotopic (exact) mass is 281 g/mol. The SMILES string of the molecule is Cc1ccc(CN2CCN(c3ccc(N)cc3)C2=O)cc1. The van der Waals surface area contributed by atoms with Crippen LogP contribution in [0, 0.1) is 6.92 Å². The second-order valence-electron chi connectivity index (χ2n) is 5.43. The lowest BCUT2D eigenvalue weighted by atomic mass is 10.1. The van der Waals surface area contributed by atoms with Gasteiger partial charge in [0.1, 0.15) is 0 Å². The third-order valence-corrected chi connectivity index (χ3v) is 3.79. The first kappa shape index (κ1) is 13.5. The highest BCUT2D eigenvalue weighted by molar-refractivity contribution is 5.94. The van der Waals surface area contributed by atoms with Gasteiger partial charge < -0.3 is 10.6 Å². The van der Waals surface area contributed by atoms with Crippen molar-refractivity contribution in [3.63, 3.8) is 0 Å². The van der Waals surface area contributed by atoms with Crippen molar-refractivity contribution in [3.8, 4) is 0 Å². The van der Waals surface area contributed by atoms with E-state index in [2.05, 4.69) is 31.2 Å². The number of amides is 2. The van der Waals surface area contributed by atoms with Crippen LogP contribution < -0.4 is 10.6 Å². The Morgan fingerprint density at radius 2 is 1.67 bits per heavy atom. The predicted octanol–water partition coefficient (Wildman–Crippen LogP) is 3.02. The molecule has 4 heteroatoms. The Labute approximate surface area is 124 Å². The molecular formula is C17H19N3O. The van der Waals surface area contributed by atoms with Crippen LogP contribution in [0.4, 0.5) is 16.2 Å². The summed E-state index contributed by atoms with van der Waals surface area (Å²) in [5.74, 6) is 0. The maximum Gasteiger partial charge on any atom is 0.324 e. The molecule has 0 bridgehead atoms. The van der Waals surface area contributed by atoms with Gasteiger partial charge in [0.05, 0.1) is 0 Å². The fraction of sp³-hybridized carbons (Fsp3) is 0.235. The van der Waals surface area contributed by atoms with Crippen LogP contribution in [0.15, 0.2) is 48.5 Å². The number of aryl methyl sites for hydroxylation is 1. The molecule has 2 amide bonds. The Morgan fingerprint density at radius 1 is 1.00 bits per heavy atom. The number of nitrogens with zero attached hydrogens (tertiary/aromatic N) is 2. The lowest BCUT2D eigenvalue weighted by Gasteiger charge is -2.19. The van der Waals surface area contributed by atoms with Gasteiger partial charge in [-0.1, -0.05) is 29.8 Å². The fourth-order valence-electron chi connectivity index (χ4n) is 2.54. The van der Waals surface area contributed by atoms with Crippen LogP contribution in [0.25, 0.3) is 0 Å². The highest BCUT2D eigenvalue weighted by Gasteiger charge is 2.29. The van der Waals surface area contributed by atoms with Gasteiger partial charge in [0.15, 0.2) is 0 Å². The van der Waals surface area contributed by atoms with E-state index in [1.54, 1.807) is 4.90 Å². The molecule has 4 nitrogen and oxygen atoms in total. The number of nitrogen functional groups attached to an aromatic ring is 1. The van der Waals surface area contributed by atoms with Gasteiger partial charge in [0.25, 0.3) is 0 Å². The van der Waals surface area contributed by atoms with E-state index >= 15 is 0 Å². The summed E-state index contributed by atoms with van der Waals surface area (Å²) in [5, 5.41) is 0. The Kier molecular flexibility index (Phi) is 3.52. The summed E-state index contributed by atoms with van der Waals surface area (Å²) in [5.41, 5.74) is 9.69. The highest BCUT2D eigenvalue weighted by atomic mass is 16.2. The van der Waals surface area contributed by atoms with Crippen molar-refractivity contribution in [2.24, 2.45) is 0 Å². The zero-order valence-corrected chi connectivity index (χ0v) is 12.1. The number of urea groups is 1. The zero-order valence-electron chi connectivity index (χ0n) is 12.1. The summed E-state index contributed by atoms with van der Waals surface area (Å²) in [6.45, 7) is 4.18. The molecule has 0 aliphatic carbocycles. The van der Waals surface area contributed by atoms with Crippen molar-refractivity contribution < 1.29 is 4.79 Å². The largest absolute Gasteiger partial charge is 0.399 e. The molecule has 0 saturated carbocycles. The second-order valence-corrected chi connectivity index (χ2v) is 5.43. The van der Waals surface area contributed by atoms with Gasteiger partial charge in [0, 0.05) is 31.0 Å². The van der Waals surface area contributed by atoms with Gasteiger partial charge in [-0.15, -0.1) is 0 Å². The average molecular weight is 281 g/mol. The van der Waals surface area contributed by atoms with E-state index < -0.39 is 0 Å². The number of hydrogen-bond donors (Lipinski definition) is 1. The van der Waals surface area contributed by atoms with Crippen LogP contribution in [0.1, 0.15) is 11.1 Å². The highest BCUT2D eigenvalue weighted by Crippen LogP contribution is 2.22. The van der Waals surface area contributed by atoms with Crippen LogP contribution in [0.3, 0.4) is 0 Å². The maximum atomic E-state index is 12.5. The van der Waals surface area contributed by atoms with E-state index in [-0.39, 0.29) is 6.03 Å². The number of rotatable bonds is 3. The third-order valence-electron chi connectivity index (χ3n) is 3.79. The summed E-state index contributed by atoms with van der Waals surface area (Å²) in [6, 6.07) is 15.8. The minimum absolute atomic E-state index is 0.0559. The van der Waals surface area contributed by atoms with Gasteiger partial charge >= 0.3 is 6.03 Å². The van der Waals surface area contributed by atoms with Crippen molar-refractivity contribution in [2.75, 3.05) is 23.7 Å². The first-order chi connectivity index (χ1) is 10.1. The third kappa shape index (κ3) is 2.84. The number of benzene rings is 2. The molecule has 0 aromatic heterocycles. The minimum atomic E-state index is 0.0559. The Balaban J connectivity index is 1.71. The molecule has 2 aromatic rings. The van der Waals surface area contributed by atoms with E-state index in [1.165, 1.54) is 5.56 Å². The van der Waals surface area contributed by atoms with Crippen LogP contribution >= 0.6 is 0 Å². The molecule has 3 rings (SSSR count). The Bertz CT molecular complexity index is 634. The molecular weight excluding hydrogens is 262 g/mol. The molecule has 21 heavy (non-hydrogen) atoms. The van der Waals surface area contributed by atoms with E-state index in [9.17, 15) is 4.79 Å². The fourth-order valence-corrected chi connectivity index (χ4v) is 2.54. The number of carbonyl (C=O) groups is 1. The molecule has 0 spiro atoms. The molecule has 0 unspecified atom stereocenters. The van der Waals surface area contributed by atoms with Crippen LogP contribution in [0.5, 0.6) is 0 Å². The Morgan fingerprint density at radius 3 is 2.33 bits per heavy atom. The van der Waals surface area contributed by atoms with Crippen molar-refractivity contribution in [1.82, 2.24) is 4.90 Å². The van der Waals surface area contributed by atoms with E-state index in [0.717, 1.165) is 17.8 Å². The molecule has 1 fully saturated rings. The zero-order chi connectivity index (χ0) is 14.8. The first-order valence-corrected chi connectivity index (χ1v) is 7.11. The van der Waals surface area contributed by atoms with Gasteiger partial charge in [-0.3, -0.25) is 4.90 Å². The lowest BCUT2D eigenvalue weighted by Crippen LogP contribution is -2.31. The lowest BCUT2D eigenvalue weighted by molar-refractivity contribution is 0.219. The molecule has 2 aromatic carbocycles. The van der Waals surface area contributed by atoms with Crippen molar-refractivity contribution >= 4 is 17.4 Å². The molecule has 0 radical (unpaired) electrons. The molecule has 1 heterocycles. The van der Waals surface area contributed by atoms with Gasteiger partial charge in [-0.05, 0) is 36.8 Å². The standard InChI is InChI=1S/C17H19N3O/c1-13-2-4-14(5-3-13)12-19-10-11-20(17(19)21)16-8-6-15(18)7-9-16/h2-9H,10-12,18H2,1H3. The molecule has 1 aliphatic rings. The minimum Gasteiger partial charge on any atom is -0.399 e. The Hall–Kier alpha value is -2.49. The summed E-state index contributed by atoms with van der Waals surface area (Å²) in [7, 11) is 0. The number of carbonyl (C=O) groups excluding carboxylic acids is 1. The average Bonchev–Trinajstić information content (AvgIpc) is 2.84. The first-order valence-electron chi connectivity index (χ1n) is 7.11. The van der Waals surface area contributed by atoms with E-state index in [1.807, 2.05) is 29.2 Å². The normalized spacial score (nSPS) is 14.8. The van der Waals surface area contributed by atoms with E-state index in [0.29, 0.717) is 18.8 Å². The summed E-state index contributed by atoms with van der Waals surface area (Å²) < 4.78 is 0. The van der Waals surface area contributed by atoms with Gasteiger partial charge in [0.2, 0.25) is 0 Å². The smallest absolute Gasteiger partial charge is 0.324 e. The number of anilines is 2. The molecule has 0 atom stereocenters. The van der Waals surface area contributed by atoms with Crippen LogP contribution in [0.2, 0.25) is 0 Å². The predicted molar refractivity (Wildman–Crippen MR) is 85.2 cm³/mol. The van der Waals surface area contributed by atoms with E-state index in [4.69, 9.17) is 5.73 Å². The van der Waals surface area contributed by atoms with Gasteiger partial charge in [-0.2, -0.15) is 0 Å². The quantitative estimate of drug-likeness (QED) is 0.879. The topological polar surface area (TPSA) is 49.6 Å². The number of nitrogens with two attached hydrogens (primary N) is 1. The molecule has 108 valence electrons. The molecule has 1 saturated heterocycles. The van der Waals surface area contributed by atoms with Crippen molar-refractivity contribution in [1.29, 1.82) is 0 Å². The van der Waals surface area contributed by atoms with Gasteiger partial charge in [-0.25, -0.2) is 4.79 Å². The maximum absolute atomic E-state index is 12.5. The van der Waals surface area contributed by atoms with Crippen molar-refractivity contribution in [3.05, 3.63) is 59.7 Å². The molecule has 2 N–H and O–H groups in total. The van der Waals surface area contributed by atoms with Crippen LogP contribution in [-0.2, 0) is 6.54 Å². The number of hydrogen-bond acceptors (Lipinski definition) is 2. The summed E-state index contributed by atoms with van der Waals surface area (Å²) in [4.78, 5) is 16.2. The van der Waals surface area contributed by atoms with Crippen LogP contribution in [-0.4, -0.2) is 24.0 Å².